The van der Waals surface area contributed by atoms with Crippen LogP contribution in [0.1, 0.15) is 0 Å². The second-order valence-corrected chi connectivity index (χ2v) is 1.79. The van der Waals surface area contributed by atoms with E-state index in [1.54, 1.807) is 0 Å². The summed E-state index contributed by atoms with van der Waals surface area (Å²) in [7, 11) is 0. The first-order valence-corrected chi connectivity index (χ1v) is 3.03. The largest absolute Gasteiger partial charge is 0.390 e. The fourth-order valence-corrected chi connectivity index (χ4v) is 0.476. The highest BCUT2D eigenvalue weighted by Gasteiger charge is 2.01. The Balaban J connectivity index is 3.69. The van der Waals surface area contributed by atoms with Gasteiger partial charge in [-0.1, -0.05) is 0 Å². The maximum Gasteiger partial charge on any atom is 0.255 e. The lowest BCUT2D eigenvalue weighted by Gasteiger charge is -2.05. The van der Waals surface area contributed by atoms with Gasteiger partial charge in [0.1, 0.15) is 0 Å². The van der Waals surface area contributed by atoms with Gasteiger partial charge in [-0.05, 0) is 6.08 Å². The topological polar surface area (TPSA) is 56.1 Å². The van der Waals surface area contributed by atoms with Gasteiger partial charge in [-0.15, -0.1) is 0 Å². The molecule has 11 heavy (non-hydrogen) atoms. The second kappa shape index (κ2) is 5.79. The molecule has 0 aromatic rings. The van der Waals surface area contributed by atoms with Crippen molar-refractivity contribution in [2.75, 3.05) is 13.2 Å². The van der Waals surface area contributed by atoms with Crippen molar-refractivity contribution in [3.63, 3.8) is 0 Å². The molecule has 0 aliphatic rings. The van der Waals surface area contributed by atoms with Crippen LogP contribution in [0.5, 0.6) is 0 Å². The summed E-state index contributed by atoms with van der Waals surface area (Å²) in [6.45, 7) is -0.859. The van der Waals surface area contributed by atoms with E-state index in [2.05, 4.69) is 5.32 Å². The molecule has 0 aromatic heterocycles. The number of nitrogens with one attached hydrogen (secondary N) is 2. The van der Waals surface area contributed by atoms with Crippen LogP contribution in [0.2, 0.25) is 0 Å². The third kappa shape index (κ3) is 5.47. The number of aliphatic hydroxyl groups is 1. The van der Waals surface area contributed by atoms with Gasteiger partial charge in [0.2, 0.25) is 0 Å². The first-order chi connectivity index (χ1) is 5.20. The van der Waals surface area contributed by atoms with Gasteiger partial charge in [0, 0.05) is 11.9 Å². The molecule has 0 aliphatic carbocycles. The van der Waals surface area contributed by atoms with E-state index >= 15 is 0 Å². The third-order valence-electron chi connectivity index (χ3n) is 0.938. The Hall–Kier alpha value is -0.970. The Labute approximate surface area is 63.2 Å². The molecule has 0 saturated heterocycles. The van der Waals surface area contributed by atoms with E-state index in [9.17, 15) is 8.78 Å². The van der Waals surface area contributed by atoms with Crippen LogP contribution in [0.25, 0.3) is 0 Å². The van der Waals surface area contributed by atoms with Crippen molar-refractivity contribution in [3.05, 3.63) is 11.8 Å². The Bertz CT molecular complexity index is 148. The maximum atomic E-state index is 11.5. The van der Waals surface area contributed by atoms with E-state index in [4.69, 9.17) is 10.5 Å². The molecule has 0 fully saturated rings. The monoisotopic (exact) mass is 164 g/mol. The first kappa shape index (κ1) is 10.0. The highest BCUT2D eigenvalue weighted by atomic mass is 19.3. The zero-order chi connectivity index (χ0) is 8.69. The molecule has 0 atom stereocenters. The van der Waals surface area contributed by atoms with Crippen LogP contribution in [0, 0.1) is 5.41 Å². The van der Waals surface area contributed by atoms with Gasteiger partial charge >= 0.3 is 0 Å². The molecule has 0 amide bonds. The fraction of sp³-hybridized carbons (Fsp3) is 0.500. The minimum Gasteiger partial charge on any atom is -0.390 e. The number of allylic oxidation sites excluding steroid dienone is 1. The number of hydrogen-bond donors (Lipinski definition) is 3. The molecular formula is C6H10F2N2O. The van der Waals surface area contributed by atoms with Crippen molar-refractivity contribution in [1.29, 1.82) is 5.41 Å². The third-order valence-corrected chi connectivity index (χ3v) is 0.938. The number of rotatable bonds is 5. The molecule has 5 heteroatoms. The summed E-state index contributed by atoms with van der Waals surface area (Å²) in [5, 5.41) is 17.4. The lowest BCUT2D eigenvalue weighted by atomic mass is 10.4. The van der Waals surface area contributed by atoms with Gasteiger partial charge in [0.25, 0.3) is 6.43 Å². The Kier molecular flexibility index (Phi) is 5.28. The highest BCUT2D eigenvalue weighted by Crippen LogP contribution is 1.91. The molecule has 0 unspecified atom stereocenters. The zero-order valence-corrected chi connectivity index (χ0v) is 5.85. The van der Waals surface area contributed by atoms with Gasteiger partial charge < -0.3 is 15.8 Å². The van der Waals surface area contributed by atoms with Crippen LogP contribution in [-0.4, -0.2) is 30.9 Å². The summed E-state index contributed by atoms with van der Waals surface area (Å²) < 4.78 is 23.1. The van der Waals surface area contributed by atoms with Crippen molar-refractivity contribution in [1.82, 2.24) is 5.32 Å². The Morgan fingerprint density at radius 1 is 1.64 bits per heavy atom. The van der Waals surface area contributed by atoms with Crippen LogP contribution in [0.4, 0.5) is 8.78 Å². The van der Waals surface area contributed by atoms with E-state index in [0.29, 0.717) is 0 Å². The zero-order valence-electron chi connectivity index (χ0n) is 5.85. The second-order valence-electron chi connectivity index (χ2n) is 1.79. The molecule has 0 radical (unpaired) electrons. The van der Waals surface area contributed by atoms with Gasteiger partial charge in [-0.25, -0.2) is 8.78 Å². The predicted molar refractivity (Wildman–Crippen MR) is 38.0 cm³/mol. The van der Waals surface area contributed by atoms with Crippen molar-refractivity contribution >= 4 is 6.21 Å². The average molecular weight is 164 g/mol. The van der Waals surface area contributed by atoms with Gasteiger partial charge in [-0.2, -0.15) is 0 Å². The summed E-state index contributed by atoms with van der Waals surface area (Å²) >= 11 is 0. The van der Waals surface area contributed by atoms with Crippen molar-refractivity contribution < 1.29 is 13.9 Å². The molecule has 0 spiro atoms. The van der Waals surface area contributed by atoms with Crippen LogP contribution in [0.3, 0.4) is 0 Å². The lowest BCUT2D eigenvalue weighted by molar-refractivity contribution is 0.147. The first-order valence-electron chi connectivity index (χ1n) is 3.03. The molecule has 3 N–H and O–H groups in total. The summed E-state index contributed by atoms with van der Waals surface area (Å²) in [6.07, 6.45) is -0.303. The Morgan fingerprint density at radius 2 is 2.27 bits per heavy atom. The molecule has 0 aliphatic heterocycles. The molecule has 0 saturated carbocycles. The van der Waals surface area contributed by atoms with E-state index in [-0.39, 0.29) is 12.3 Å². The number of hydrogen-bond acceptors (Lipinski definition) is 3. The maximum absolute atomic E-state index is 11.5. The standard InChI is InChI=1S/C6H10F2N2O/c7-6(8)3-10-5(4-11)1-2-9/h1-2,6,9-11H,3-4H2/b5-1-,9-2?. The molecule has 3 nitrogen and oxygen atoms in total. The number of halogens is 2. The minimum atomic E-state index is -2.45. The van der Waals surface area contributed by atoms with E-state index in [1.807, 2.05) is 0 Å². The molecule has 0 heterocycles. The van der Waals surface area contributed by atoms with Crippen LogP contribution < -0.4 is 5.32 Å². The Morgan fingerprint density at radius 3 is 2.64 bits per heavy atom. The lowest BCUT2D eigenvalue weighted by Crippen LogP contribution is -2.22. The minimum absolute atomic E-state index is 0.223. The van der Waals surface area contributed by atoms with Crippen LogP contribution in [0.15, 0.2) is 11.8 Å². The number of alkyl halides is 2. The van der Waals surface area contributed by atoms with E-state index in [1.165, 1.54) is 6.08 Å². The van der Waals surface area contributed by atoms with E-state index < -0.39 is 13.0 Å². The quantitative estimate of drug-likeness (QED) is 0.514. The highest BCUT2D eigenvalue weighted by molar-refractivity contribution is 5.68. The predicted octanol–water partition coefficient (Wildman–Crippen LogP) is 0.367. The molecule has 0 rings (SSSR count). The van der Waals surface area contributed by atoms with Gasteiger partial charge in [0.15, 0.2) is 0 Å². The molecule has 0 aromatic carbocycles. The van der Waals surface area contributed by atoms with Crippen molar-refractivity contribution in [2.24, 2.45) is 0 Å². The van der Waals surface area contributed by atoms with Gasteiger partial charge in [0.05, 0.1) is 13.2 Å². The van der Waals surface area contributed by atoms with Crippen LogP contribution >= 0.6 is 0 Å². The van der Waals surface area contributed by atoms with Crippen molar-refractivity contribution in [2.45, 2.75) is 6.43 Å². The van der Waals surface area contributed by atoms with E-state index in [0.717, 1.165) is 6.21 Å². The molecule has 0 bridgehead atoms. The normalized spacial score (nSPS) is 11.8. The summed E-state index contributed by atoms with van der Waals surface area (Å²) in [4.78, 5) is 0. The number of aliphatic hydroxyl groups excluding tert-OH is 1. The summed E-state index contributed by atoms with van der Waals surface area (Å²) in [5.41, 5.74) is 0.223. The smallest absolute Gasteiger partial charge is 0.255 e. The van der Waals surface area contributed by atoms with Gasteiger partial charge in [-0.3, -0.25) is 0 Å². The fourth-order valence-electron chi connectivity index (χ4n) is 0.476. The summed E-state index contributed by atoms with van der Waals surface area (Å²) in [5.74, 6) is 0. The molecular weight excluding hydrogens is 154 g/mol. The van der Waals surface area contributed by atoms with Crippen LogP contribution in [-0.2, 0) is 0 Å². The summed E-state index contributed by atoms with van der Waals surface area (Å²) in [6, 6.07) is 0. The SMILES string of the molecule is N=C/C=C(/CO)NCC(F)F. The molecule has 64 valence electrons. The van der Waals surface area contributed by atoms with Crippen molar-refractivity contribution in [3.8, 4) is 0 Å². The average Bonchev–Trinajstić information content (AvgIpc) is 1.97.